The van der Waals surface area contributed by atoms with Crippen LogP contribution in [0.15, 0.2) is 34.2 Å². The quantitative estimate of drug-likeness (QED) is 0.419. The average molecular weight is 521 g/mol. The van der Waals surface area contributed by atoms with Crippen molar-refractivity contribution >= 4 is 22.7 Å². The maximum Gasteiger partial charge on any atom is 0.344 e. The van der Waals surface area contributed by atoms with Crippen molar-refractivity contribution in [3.8, 4) is 0 Å². The van der Waals surface area contributed by atoms with Gasteiger partial charge in [0.25, 0.3) is 5.56 Å². The molecule has 2 aliphatic heterocycles. The van der Waals surface area contributed by atoms with Crippen molar-refractivity contribution in [2.45, 2.75) is 108 Å². The highest BCUT2D eigenvalue weighted by Gasteiger charge is 2.45. The minimum atomic E-state index is -1.11. The molecule has 2 saturated heterocycles. The van der Waals surface area contributed by atoms with Crippen LogP contribution in [0.4, 0.5) is 0 Å². The lowest BCUT2D eigenvalue weighted by Crippen LogP contribution is -2.58. The number of oxime groups is 1. The molecule has 1 aromatic heterocycles. The fraction of sp³-hybridized carbons (Fsp3) is 0.667. The Bertz CT molecular complexity index is 1240. The molecule has 8 nitrogen and oxygen atoms in total. The summed E-state index contributed by atoms with van der Waals surface area (Å²) in [6.07, 6.45) is 15.5. The van der Waals surface area contributed by atoms with Gasteiger partial charge in [0.15, 0.2) is 5.69 Å². The summed E-state index contributed by atoms with van der Waals surface area (Å²) in [6, 6.07) is 9.68. The van der Waals surface area contributed by atoms with E-state index in [9.17, 15) is 9.59 Å². The van der Waals surface area contributed by atoms with Crippen LogP contribution >= 0.6 is 0 Å². The van der Waals surface area contributed by atoms with Crippen LogP contribution in [0.25, 0.3) is 11.0 Å². The predicted octanol–water partition coefficient (Wildman–Crippen LogP) is 5.14. The fourth-order valence-corrected chi connectivity index (χ4v) is 8.29. The van der Waals surface area contributed by atoms with Crippen LogP contribution < -0.4 is 5.56 Å². The molecule has 1 aromatic carbocycles. The normalized spacial score (nSPS) is 32.1. The average Bonchev–Trinajstić information content (AvgIpc) is 3.06. The molecule has 4 aliphatic rings. The maximum atomic E-state index is 13.9. The van der Waals surface area contributed by atoms with E-state index in [-0.39, 0.29) is 17.3 Å². The summed E-state index contributed by atoms with van der Waals surface area (Å²) >= 11 is 0. The zero-order valence-electron chi connectivity index (χ0n) is 22.4. The van der Waals surface area contributed by atoms with Crippen molar-refractivity contribution in [2.24, 2.45) is 17.0 Å². The Morgan fingerprint density at radius 1 is 0.947 bits per heavy atom. The van der Waals surface area contributed by atoms with Gasteiger partial charge in [-0.25, -0.2) is 9.78 Å². The SMILES string of the molecule is CC(=NOCC(=O)O)c1nc2ccccc2n(C2CC3CCC[C@H](C2)N3C2CC3CCCCC(C3)C2)c1=O. The molecular weight excluding hydrogens is 480 g/mol. The van der Waals surface area contributed by atoms with E-state index in [1.54, 1.807) is 6.92 Å². The molecule has 8 heteroatoms. The van der Waals surface area contributed by atoms with Gasteiger partial charge in [-0.2, -0.15) is 0 Å². The molecule has 38 heavy (non-hydrogen) atoms. The molecule has 4 fully saturated rings. The number of benzene rings is 1. The summed E-state index contributed by atoms with van der Waals surface area (Å²) < 4.78 is 1.97. The number of hydrogen-bond donors (Lipinski definition) is 1. The minimum absolute atomic E-state index is 0.110. The number of carboxylic acids is 1. The third kappa shape index (κ3) is 4.99. The summed E-state index contributed by atoms with van der Waals surface area (Å²) in [6.45, 7) is 1.11. The molecule has 0 amide bonds. The van der Waals surface area contributed by atoms with Gasteiger partial charge in [0.2, 0.25) is 6.61 Å². The Morgan fingerprint density at radius 2 is 1.63 bits per heavy atom. The number of aliphatic carboxylic acids is 1. The van der Waals surface area contributed by atoms with Gasteiger partial charge in [0.05, 0.1) is 11.0 Å². The number of para-hydroxylation sites is 2. The van der Waals surface area contributed by atoms with Crippen molar-refractivity contribution in [1.29, 1.82) is 0 Å². The van der Waals surface area contributed by atoms with E-state index in [1.807, 2.05) is 28.8 Å². The highest BCUT2D eigenvalue weighted by Crippen LogP contribution is 2.46. The molecular formula is C30H40N4O4. The van der Waals surface area contributed by atoms with E-state index >= 15 is 0 Å². The van der Waals surface area contributed by atoms with Crippen LogP contribution in [0.5, 0.6) is 0 Å². The number of hydrogen-bond acceptors (Lipinski definition) is 6. The summed E-state index contributed by atoms with van der Waals surface area (Å²) in [5, 5.41) is 12.8. The Labute approximate surface area is 224 Å². The maximum absolute atomic E-state index is 13.9. The number of nitrogens with zero attached hydrogens (tertiary/aromatic N) is 4. The number of carbonyl (C=O) groups is 1. The lowest BCUT2D eigenvalue weighted by Gasteiger charge is -2.54. The summed E-state index contributed by atoms with van der Waals surface area (Å²) in [7, 11) is 0. The first kappa shape index (κ1) is 25.5. The highest BCUT2D eigenvalue weighted by atomic mass is 16.6. The minimum Gasteiger partial charge on any atom is -0.479 e. The number of aromatic nitrogens is 2. The lowest BCUT2D eigenvalue weighted by atomic mass is 9.73. The van der Waals surface area contributed by atoms with Crippen molar-refractivity contribution in [3.05, 3.63) is 40.3 Å². The monoisotopic (exact) mass is 520 g/mol. The van der Waals surface area contributed by atoms with E-state index in [0.29, 0.717) is 23.8 Å². The molecule has 6 rings (SSSR count). The van der Waals surface area contributed by atoms with Gasteiger partial charge in [-0.15, -0.1) is 0 Å². The molecule has 2 aromatic rings. The molecule has 4 unspecified atom stereocenters. The van der Waals surface area contributed by atoms with Gasteiger partial charge >= 0.3 is 5.97 Å². The fourth-order valence-electron chi connectivity index (χ4n) is 8.29. The molecule has 3 heterocycles. The first-order valence-corrected chi connectivity index (χ1v) is 14.7. The second-order valence-electron chi connectivity index (χ2n) is 12.2. The molecule has 2 aliphatic carbocycles. The van der Waals surface area contributed by atoms with Crippen LogP contribution in [0.2, 0.25) is 0 Å². The van der Waals surface area contributed by atoms with Gasteiger partial charge in [0, 0.05) is 24.2 Å². The van der Waals surface area contributed by atoms with E-state index in [0.717, 1.165) is 35.7 Å². The van der Waals surface area contributed by atoms with Gasteiger partial charge in [-0.3, -0.25) is 9.69 Å². The van der Waals surface area contributed by atoms with E-state index in [4.69, 9.17) is 9.94 Å². The third-order valence-electron chi connectivity index (χ3n) is 9.67. The topological polar surface area (TPSA) is 97.0 Å². The third-order valence-corrected chi connectivity index (χ3v) is 9.67. The largest absolute Gasteiger partial charge is 0.479 e. The molecule has 204 valence electrons. The van der Waals surface area contributed by atoms with Crippen LogP contribution in [0.1, 0.15) is 95.7 Å². The number of carboxylic acid groups (broad SMARTS) is 1. The standard InChI is InChI=1S/C30H40N4O4/c1-19(32-38-18-28(35)36)29-30(37)34(27-12-5-4-11-26(27)31-29)25-16-22-9-6-10-23(17-25)33(22)24-14-20-7-2-3-8-21(13-20)15-24/h4-5,11-12,20-25H,2-3,6-10,13-18H2,1H3,(H,35,36)/t20?,21?,22-,23?,24?,25?/m1/s1. The van der Waals surface area contributed by atoms with Crippen molar-refractivity contribution in [3.63, 3.8) is 0 Å². The van der Waals surface area contributed by atoms with Gasteiger partial charge in [-0.1, -0.05) is 49.4 Å². The van der Waals surface area contributed by atoms with Crippen molar-refractivity contribution in [2.75, 3.05) is 6.61 Å². The van der Waals surface area contributed by atoms with Crippen molar-refractivity contribution < 1.29 is 14.7 Å². The van der Waals surface area contributed by atoms with Crippen LogP contribution in [0.3, 0.4) is 0 Å². The van der Waals surface area contributed by atoms with E-state index < -0.39 is 12.6 Å². The van der Waals surface area contributed by atoms with Crippen LogP contribution in [0, 0.1) is 11.8 Å². The van der Waals surface area contributed by atoms with E-state index in [1.165, 1.54) is 64.2 Å². The molecule has 0 spiro atoms. The Hall–Kier alpha value is -2.74. The zero-order valence-corrected chi connectivity index (χ0v) is 22.4. The van der Waals surface area contributed by atoms with Crippen LogP contribution in [-0.2, 0) is 9.63 Å². The van der Waals surface area contributed by atoms with Gasteiger partial charge < -0.3 is 14.5 Å². The Balaban J connectivity index is 1.31. The van der Waals surface area contributed by atoms with Crippen molar-refractivity contribution in [1.82, 2.24) is 14.5 Å². The number of piperidine rings is 2. The second-order valence-corrected chi connectivity index (χ2v) is 12.2. The summed E-state index contributed by atoms with van der Waals surface area (Å²) in [5.41, 5.74) is 1.99. The molecule has 1 N–H and O–H groups in total. The predicted molar refractivity (Wildman–Crippen MR) is 146 cm³/mol. The lowest BCUT2D eigenvalue weighted by molar-refractivity contribution is -0.142. The first-order chi connectivity index (χ1) is 18.5. The molecule has 4 bridgehead atoms. The summed E-state index contributed by atoms with van der Waals surface area (Å²) in [4.78, 5) is 37.3. The second kappa shape index (κ2) is 10.8. The molecule has 0 radical (unpaired) electrons. The van der Waals surface area contributed by atoms with Gasteiger partial charge in [0.1, 0.15) is 5.71 Å². The first-order valence-electron chi connectivity index (χ1n) is 14.7. The smallest absolute Gasteiger partial charge is 0.344 e. The van der Waals surface area contributed by atoms with Gasteiger partial charge in [-0.05, 0) is 75.8 Å². The summed E-state index contributed by atoms with van der Waals surface area (Å²) in [5.74, 6) is 0.695. The Morgan fingerprint density at radius 3 is 2.32 bits per heavy atom. The van der Waals surface area contributed by atoms with Crippen LogP contribution in [-0.4, -0.2) is 56.0 Å². The highest BCUT2D eigenvalue weighted by molar-refractivity contribution is 5.97. The number of rotatable bonds is 6. The Kier molecular flexibility index (Phi) is 7.25. The zero-order chi connectivity index (χ0) is 26.2. The molecule has 5 atom stereocenters. The number of fused-ring (bicyclic) bond motifs is 5. The molecule has 2 saturated carbocycles. The van der Waals surface area contributed by atoms with E-state index in [2.05, 4.69) is 15.0 Å².